The predicted octanol–water partition coefficient (Wildman–Crippen LogP) is 4.73. The van der Waals surface area contributed by atoms with Gasteiger partial charge in [0.05, 0.1) is 16.8 Å². The molecule has 21 heavy (non-hydrogen) atoms. The van der Waals surface area contributed by atoms with Gasteiger partial charge in [-0.3, -0.25) is 0 Å². The molecule has 0 radical (unpaired) electrons. The van der Waals surface area contributed by atoms with E-state index in [4.69, 9.17) is 9.47 Å². The molecule has 0 aromatic heterocycles. The van der Waals surface area contributed by atoms with E-state index in [1.807, 2.05) is 22.6 Å². The maximum atomic E-state index is 12.9. The Labute approximate surface area is 136 Å². The first kappa shape index (κ1) is 16.0. The quantitative estimate of drug-likeness (QED) is 0.512. The lowest BCUT2D eigenvalue weighted by Crippen LogP contribution is -2.06. The average molecular weight is 404 g/mol. The van der Waals surface area contributed by atoms with E-state index in [1.54, 1.807) is 19.1 Å². The molecule has 0 fully saturated rings. The highest BCUT2D eigenvalue weighted by molar-refractivity contribution is 14.1. The van der Waals surface area contributed by atoms with Crippen molar-refractivity contribution in [2.24, 2.45) is 0 Å². The van der Waals surface area contributed by atoms with E-state index < -0.39 is 0 Å². The van der Waals surface area contributed by atoms with Crippen LogP contribution in [0.5, 0.6) is 11.5 Å². The van der Waals surface area contributed by atoms with E-state index in [0.29, 0.717) is 31.1 Å². The molecule has 2 aromatic carbocycles. The van der Waals surface area contributed by atoms with E-state index in [9.17, 15) is 8.78 Å². The molecule has 0 heterocycles. The molecule has 0 atom stereocenters. The Bertz CT molecular complexity index is 564. The first-order valence-electron chi connectivity index (χ1n) is 6.53. The summed E-state index contributed by atoms with van der Waals surface area (Å²) in [4.78, 5) is 0. The molecule has 0 amide bonds. The number of rotatable bonds is 6. The SMILES string of the molecule is Cc1cc(F)ccc1OCCCOc1ccc(F)cc1I. The smallest absolute Gasteiger partial charge is 0.132 e. The fourth-order valence-corrected chi connectivity index (χ4v) is 2.42. The van der Waals surface area contributed by atoms with Gasteiger partial charge in [-0.1, -0.05) is 0 Å². The highest BCUT2D eigenvalue weighted by Crippen LogP contribution is 2.22. The maximum absolute atomic E-state index is 12.9. The van der Waals surface area contributed by atoms with Gasteiger partial charge < -0.3 is 9.47 Å². The Balaban J connectivity index is 1.75. The van der Waals surface area contributed by atoms with E-state index in [1.165, 1.54) is 24.3 Å². The Morgan fingerprint density at radius 2 is 1.48 bits per heavy atom. The molecular formula is C16H15F2IO2. The Morgan fingerprint density at radius 1 is 0.905 bits per heavy atom. The zero-order valence-electron chi connectivity index (χ0n) is 11.5. The number of aryl methyl sites for hydroxylation is 1. The summed E-state index contributed by atoms with van der Waals surface area (Å²) in [7, 11) is 0. The van der Waals surface area contributed by atoms with Gasteiger partial charge in [-0.15, -0.1) is 0 Å². The molecule has 0 spiro atoms. The summed E-state index contributed by atoms with van der Waals surface area (Å²) in [6, 6.07) is 8.84. The molecule has 0 N–H and O–H groups in total. The minimum atomic E-state index is -0.276. The van der Waals surface area contributed by atoms with Crippen LogP contribution in [0.3, 0.4) is 0 Å². The van der Waals surface area contributed by atoms with Crippen molar-refractivity contribution in [3.63, 3.8) is 0 Å². The molecule has 0 saturated heterocycles. The van der Waals surface area contributed by atoms with Crippen LogP contribution in [0.4, 0.5) is 8.78 Å². The molecule has 5 heteroatoms. The highest BCUT2D eigenvalue weighted by Gasteiger charge is 2.03. The largest absolute Gasteiger partial charge is 0.493 e. The molecule has 0 aliphatic carbocycles. The van der Waals surface area contributed by atoms with E-state index in [0.717, 1.165) is 9.13 Å². The van der Waals surface area contributed by atoms with Crippen LogP contribution < -0.4 is 9.47 Å². The lowest BCUT2D eigenvalue weighted by Gasteiger charge is -2.10. The molecular weight excluding hydrogens is 389 g/mol. The van der Waals surface area contributed by atoms with Crippen LogP contribution >= 0.6 is 22.6 Å². The van der Waals surface area contributed by atoms with E-state index in [-0.39, 0.29) is 11.6 Å². The van der Waals surface area contributed by atoms with Crippen LogP contribution in [-0.2, 0) is 0 Å². The Morgan fingerprint density at radius 3 is 2.10 bits per heavy atom. The minimum Gasteiger partial charge on any atom is -0.493 e. The van der Waals surface area contributed by atoms with Crippen LogP contribution in [0.1, 0.15) is 12.0 Å². The highest BCUT2D eigenvalue weighted by atomic mass is 127. The zero-order chi connectivity index (χ0) is 15.2. The summed E-state index contributed by atoms with van der Waals surface area (Å²) >= 11 is 2.03. The topological polar surface area (TPSA) is 18.5 Å². The van der Waals surface area contributed by atoms with Crippen molar-refractivity contribution in [2.75, 3.05) is 13.2 Å². The summed E-state index contributed by atoms with van der Waals surface area (Å²) < 4.78 is 37.8. The van der Waals surface area contributed by atoms with Gasteiger partial charge in [0, 0.05) is 6.42 Å². The number of ether oxygens (including phenoxy) is 2. The fraction of sp³-hybridized carbons (Fsp3) is 0.250. The second-order valence-corrected chi connectivity index (χ2v) is 5.70. The van der Waals surface area contributed by atoms with Crippen LogP contribution in [-0.4, -0.2) is 13.2 Å². The third-order valence-corrected chi connectivity index (χ3v) is 3.68. The van der Waals surface area contributed by atoms with Gasteiger partial charge >= 0.3 is 0 Å². The molecule has 112 valence electrons. The third-order valence-electron chi connectivity index (χ3n) is 2.83. The summed E-state index contributed by atoms with van der Waals surface area (Å²) in [5.41, 5.74) is 0.768. The summed E-state index contributed by atoms with van der Waals surface area (Å²) in [5.74, 6) is 0.790. The molecule has 2 nitrogen and oxygen atoms in total. The molecule has 2 aromatic rings. The minimum absolute atomic E-state index is 0.269. The van der Waals surface area contributed by atoms with Crippen molar-refractivity contribution >= 4 is 22.6 Å². The van der Waals surface area contributed by atoms with Crippen molar-refractivity contribution in [3.05, 3.63) is 57.2 Å². The molecule has 0 saturated carbocycles. The van der Waals surface area contributed by atoms with Crippen molar-refractivity contribution in [1.82, 2.24) is 0 Å². The standard InChI is InChI=1S/C16H15F2IO2/c1-11-9-12(17)3-5-15(11)20-7-2-8-21-16-6-4-13(18)10-14(16)19/h3-6,9-10H,2,7-8H2,1H3. The van der Waals surface area contributed by atoms with Gasteiger partial charge in [-0.05, 0) is 71.5 Å². The van der Waals surface area contributed by atoms with Crippen LogP contribution in [0.15, 0.2) is 36.4 Å². The fourth-order valence-electron chi connectivity index (χ4n) is 1.79. The summed E-state index contributed by atoms with van der Waals surface area (Å²) in [5, 5.41) is 0. The number of benzene rings is 2. The lowest BCUT2D eigenvalue weighted by molar-refractivity contribution is 0.245. The molecule has 0 aliphatic rings. The monoisotopic (exact) mass is 404 g/mol. The van der Waals surface area contributed by atoms with Gasteiger partial charge in [0.25, 0.3) is 0 Å². The van der Waals surface area contributed by atoms with Crippen molar-refractivity contribution in [3.8, 4) is 11.5 Å². The van der Waals surface area contributed by atoms with Crippen molar-refractivity contribution in [2.45, 2.75) is 13.3 Å². The van der Waals surface area contributed by atoms with Crippen molar-refractivity contribution < 1.29 is 18.3 Å². The normalized spacial score (nSPS) is 10.5. The van der Waals surface area contributed by atoms with Gasteiger partial charge in [0.2, 0.25) is 0 Å². The van der Waals surface area contributed by atoms with Gasteiger partial charge in [0.15, 0.2) is 0 Å². The number of halogens is 3. The molecule has 0 bridgehead atoms. The Kier molecular flexibility index (Phi) is 5.78. The van der Waals surface area contributed by atoms with Crippen LogP contribution in [0.25, 0.3) is 0 Å². The molecule has 2 rings (SSSR count). The number of hydrogen-bond acceptors (Lipinski definition) is 2. The first-order chi connectivity index (χ1) is 10.1. The number of hydrogen-bond donors (Lipinski definition) is 0. The van der Waals surface area contributed by atoms with E-state index >= 15 is 0 Å². The van der Waals surface area contributed by atoms with Gasteiger partial charge in [0.1, 0.15) is 23.1 Å². The molecule has 0 aliphatic heterocycles. The zero-order valence-corrected chi connectivity index (χ0v) is 13.7. The summed E-state index contributed by atoms with van der Waals surface area (Å²) in [6.45, 7) is 2.75. The van der Waals surface area contributed by atoms with Gasteiger partial charge in [-0.25, -0.2) is 8.78 Å². The Hall–Kier alpha value is -1.37. The van der Waals surface area contributed by atoms with Crippen LogP contribution in [0.2, 0.25) is 0 Å². The van der Waals surface area contributed by atoms with Crippen molar-refractivity contribution in [1.29, 1.82) is 0 Å². The predicted molar refractivity (Wildman–Crippen MR) is 85.9 cm³/mol. The van der Waals surface area contributed by atoms with E-state index in [2.05, 4.69) is 0 Å². The van der Waals surface area contributed by atoms with Gasteiger partial charge in [-0.2, -0.15) is 0 Å². The second kappa shape index (κ2) is 7.59. The first-order valence-corrected chi connectivity index (χ1v) is 7.61. The maximum Gasteiger partial charge on any atom is 0.132 e. The second-order valence-electron chi connectivity index (χ2n) is 4.54. The van der Waals surface area contributed by atoms with Crippen LogP contribution in [0, 0.1) is 22.1 Å². The third kappa shape index (κ3) is 4.84. The summed E-state index contributed by atoms with van der Waals surface area (Å²) in [6.07, 6.45) is 0.685. The average Bonchev–Trinajstić information content (AvgIpc) is 2.42. The molecule has 0 unspecified atom stereocenters. The lowest BCUT2D eigenvalue weighted by atomic mass is 10.2.